The van der Waals surface area contributed by atoms with E-state index in [1.54, 1.807) is 0 Å². The average molecular weight is 223 g/mol. The van der Waals surface area contributed by atoms with Crippen molar-refractivity contribution >= 4 is 5.78 Å². The molecule has 0 aromatic heterocycles. The molecule has 0 saturated carbocycles. The van der Waals surface area contributed by atoms with Crippen molar-refractivity contribution in [1.82, 2.24) is 5.32 Å². The first-order valence-electron chi connectivity index (χ1n) is 5.76. The molecule has 2 heteroatoms. The molecular weight excluding hydrogens is 210 g/mol. The summed E-state index contributed by atoms with van der Waals surface area (Å²) in [6.45, 7) is 0. The van der Waals surface area contributed by atoms with Gasteiger partial charge in [-0.15, -0.1) is 0 Å². The normalized spacial score (nSPS) is 22.1. The Balaban J connectivity index is 1.76. The topological polar surface area (TPSA) is 39.0 Å². The first kappa shape index (κ1) is 10.2. The van der Waals surface area contributed by atoms with Crippen LogP contribution in [0.25, 0.3) is 0 Å². The van der Waals surface area contributed by atoms with Crippen LogP contribution >= 0.6 is 0 Å². The molecule has 2 nitrogen and oxygen atoms in total. The van der Waals surface area contributed by atoms with E-state index in [-0.39, 0.29) is 17.9 Å². The van der Waals surface area contributed by atoms with Gasteiger partial charge in [0.1, 0.15) is 0 Å². The Bertz CT molecular complexity index is 521. The summed E-state index contributed by atoms with van der Waals surface area (Å²) in [6.07, 6.45) is 0. The van der Waals surface area contributed by atoms with Gasteiger partial charge in [0.25, 0.3) is 0 Å². The van der Waals surface area contributed by atoms with Crippen LogP contribution < -0.4 is 5.32 Å². The van der Waals surface area contributed by atoms with Crippen molar-refractivity contribution in [3.63, 3.8) is 0 Å². The molecule has 1 saturated heterocycles. The van der Waals surface area contributed by atoms with E-state index in [4.69, 9.17) is 0 Å². The second-order valence-electron chi connectivity index (χ2n) is 4.26. The molecule has 0 radical (unpaired) electrons. The Morgan fingerprint density at radius 3 is 2.12 bits per heavy atom. The maximum atomic E-state index is 12.1. The fourth-order valence-corrected chi connectivity index (χ4v) is 2.10. The lowest BCUT2D eigenvalue weighted by Gasteiger charge is -1.98. The lowest BCUT2D eigenvalue weighted by Crippen LogP contribution is -2.09. The van der Waals surface area contributed by atoms with E-state index in [2.05, 4.69) is 17.4 Å². The van der Waals surface area contributed by atoms with Crippen molar-refractivity contribution in [3.05, 3.63) is 71.8 Å². The summed E-state index contributed by atoms with van der Waals surface area (Å²) in [4.78, 5) is 12.1. The summed E-state index contributed by atoms with van der Waals surface area (Å²) >= 11 is 0. The first-order valence-corrected chi connectivity index (χ1v) is 5.76. The monoisotopic (exact) mass is 223 g/mol. The first-order chi connectivity index (χ1) is 8.36. The van der Waals surface area contributed by atoms with Crippen LogP contribution in [-0.4, -0.2) is 11.8 Å². The zero-order chi connectivity index (χ0) is 11.7. The van der Waals surface area contributed by atoms with E-state index >= 15 is 0 Å². The van der Waals surface area contributed by atoms with Crippen LogP contribution in [0.4, 0.5) is 0 Å². The van der Waals surface area contributed by atoms with E-state index in [0.717, 1.165) is 5.56 Å². The predicted octanol–water partition coefficient (Wildman–Crippen LogP) is 2.58. The van der Waals surface area contributed by atoms with Gasteiger partial charge < -0.3 is 0 Å². The summed E-state index contributed by atoms with van der Waals surface area (Å²) in [5.74, 6) is 0.180. The molecule has 2 aromatic rings. The molecule has 1 aliphatic rings. The lowest BCUT2D eigenvalue weighted by atomic mass is 10.0. The molecule has 2 aromatic carbocycles. The third kappa shape index (κ3) is 1.99. The van der Waals surface area contributed by atoms with Gasteiger partial charge in [-0.2, -0.15) is 0 Å². The molecule has 0 aliphatic carbocycles. The molecule has 0 unspecified atom stereocenters. The van der Waals surface area contributed by atoms with Crippen LogP contribution in [0.3, 0.4) is 0 Å². The molecule has 0 bridgehead atoms. The summed E-state index contributed by atoms with van der Waals surface area (Å²) in [7, 11) is 0. The lowest BCUT2D eigenvalue weighted by molar-refractivity contribution is 0.0988. The van der Waals surface area contributed by atoms with Gasteiger partial charge >= 0.3 is 0 Å². The highest BCUT2D eigenvalue weighted by Gasteiger charge is 2.43. The third-order valence-corrected chi connectivity index (χ3v) is 3.08. The van der Waals surface area contributed by atoms with Gasteiger partial charge in [0.05, 0.1) is 12.1 Å². The Hall–Kier alpha value is -1.93. The number of carbonyl (C=O) groups is 1. The van der Waals surface area contributed by atoms with Gasteiger partial charge in [0.2, 0.25) is 0 Å². The summed E-state index contributed by atoms with van der Waals surface area (Å²) in [5.41, 5.74) is 1.96. The second kappa shape index (κ2) is 4.15. The fourth-order valence-electron chi connectivity index (χ4n) is 2.10. The Kier molecular flexibility index (Phi) is 2.50. The fraction of sp³-hybridized carbons (Fsp3) is 0.133. The highest BCUT2D eigenvalue weighted by molar-refractivity contribution is 6.02. The number of hydrogen-bond donors (Lipinski definition) is 1. The van der Waals surface area contributed by atoms with Crippen LogP contribution in [0.5, 0.6) is 0 Å². The number of nitrogens with one attached hydrogen (secondary N) is 1. The summed E-state index contributed by atoms with van der Waals surface area (Å²) < 4.78 is 0. The zero-order valence-electron chi connectivity index (χ0n) is 9.34. The van der Waals surface area contributed by atoms with Gasteiger partial charge in [-0.25, -0.2) is 0 Å². The highest BCUT2D eigenvalue weighted by atomic mass is 16.1. The van der Waals surface area contributed by atoms with E-state index in [9.17, 15) is 4.79 Å². The Labute approximate surface area is 100 Å². The van der Waals surface area contributed by atoms with Crippen LogP contribution in [-0.2, 0) is 0 Å². The van der Waals surface area contributed by atoms with Gasteiger partial charge in [-0.3, -0.25) is 10.1 Å². The van der Waals surface area contributed by atoms with Crippen molar-refractivity contribution in [2.75, 3.05) is 0 Å². The van der Waals surface area contributed by atoms with Crippen molar-refractivity contribution < 1.29 is 4.79 Å². The van der Waals surface area contributed by atoms with E-state index in [1.165, 1.54) is 5.56 Å². The molecule has 0 amide bonds. The molecule has 1 N–H and O–H groups in total. The van der Waals surface area contributed by atoms with Gasteiger partial charge in [-0.1, -0.05) is 60.7 Å². The summed E-state index contributed by atoms with van der Waals surface area (Å²) in [6, 6.07) is 19.7. The molecule has 0 spiro atoms. The minimum absolute atomic E-state index is 0.0557. The minimum atomic E-state index is -0.0557. The molecular formula is C15H13NO. The van der Waals surface area contributed by atoms with E-state index in [1.807, 2.05) is 48.5 Å². The van der Waals surface area contributed by atoms with Gasteiger partial charge in [0, 0.05) is 5.56 Å². The van der Waals surface area contributed by atoms with Crippen molar-refractivity contribution in [1.29, 1.82) is 0 Å². The number of Topliss-reactive ketones (excluding diaryl/α,β-unsaturated/α-hetero) is 1. The zero-order valence-corrected chi connectivity index (χ0v) is 9.34. The summed E-state index contributed by atoms with van der Waals surface area (Å²) in [5, 5.41) is 3.23. The number of hydrogen-bond acceptors (Lipinski definition) is 2. The molecule has 2 atom stereocenters. The maximum Gasteiger partial charge on any atom is 0.181 e. The Morgan fingerprint density at radius 2 is 1.47 bits per heavy atom. The van der Waals surface area contributed by atoms with Crippen molar-refractivity contribution in [3.8, 4) is 0 Å². The second-order valence-corrected chi connectivity index (χ2v) is 4.26. The van der Waals surface area contributed by atoms with Crippen LogP contribution in [0, 0.1) is 0 Å². The molecule has 1 aliphatic heterocycles. The molecule has 3 rings (SSSR count). The molecule has 1 fully saturated rings. The molecule has 17 heavy (non-hydrogen) atoms. The van der Waals surface area contributed by atoms with Crippen LogP contribution in [0.15, 0.2) is 60.7 Å². The third-order valence-electron chi connectivity index (χ3n) is 3.08. The minimum Gasteiger partial charge on any atom is -0.297 e. The smallest absolute Gasteiger partial charge is 0.181 e. The SMILES string of the molecule is O=C(c1ccccc1)[C@@H]1N[C@H]1c1ccccc1. The standard InChI is InChI=1S/C15H13NO/c17-15(12-9-5-2-6-10-12)14-13(16-14)11-7-3-1-4-8-11/h1-10,13-14,16H/t13-,14+/m0/s1. The number of ketones is 1. The quantitative estimate of drug-likeness (QED) is 0.641. The molecule has 1 heterocycles. The van der Waals surface area contributed by atoms with Crippen molar-refractivity contribution in [2.45, 2.75) is 12.1 Å². The highest BCUT2D eigenvalue weighted by Crippen LogP contribution is 2.31. The van der Waals surface area contributed by atoms with E-state index in [0.29, 0.717) is 0 Å². The molecule has 84 valence electrons. The number of carbonyl (C=O) groups excluding carboxylic acids is 1. The van der Waals surface area contributed by atoms with Gasteiger partial charge in [0.15, 0.2) is 5.78 Å². The number of rotatable bonds is 3. The van der Waals surface area contributed by atoms with Crippen LogP contribution in [0.2, 0.25) is 0 Å². The maximum absolute atomic E-state index is 12.1. The van der Waals surface area contributed by atoms with Crippen LogP contribution in [0.1, 0.15) is 22.0 Å². The predicted molar refractivity (Wildman–Crippen MR) is 66.9 cm³/mol. The average Bonchev–Trinajstić information content (AvgIpc) is 3.20. The van der Waals surface area contributed by atoms with Crippen molar-refractivity contribution in [2.24, 2.45) is 0 Å². The Morgan fingerprint density at radius 1 is 0.882 bits per heavy atom. The number of benzene rings is 2. The van der Waals surface area contributed by atoms with Gasteiger partial charge in [-0.05, 0) is 5.56 Å². The van der Waals surface area contributed by atoms with E-state index < -0.39 is 0 Å². The largest absolute Gasteiger partial charge is 0.297 e.